The van der Waals surface area contributed by atoms with Gasteiger partial charge in [-0.05, 0) is 29.9 Å². The van der Waals surface area contributed by atoms with Crippen LogP contribution in [0.15, 0.2) is 86.0 Å². The Morgan fingerprint density at radius 3 is 2.30 bits per heavy atom. The van der Waals surface area contributed by atoms with E-state index in [2.05, 4.69) is 27.0 Å². The summed E-state index contributed by atoms with van der Waals surface area (Å²) in [6.45, 7) is 13.4. The summed E-state index contributed by atoms with van der Waals surface area (Å²) in [5.74, 6) is -1.60. The summed E-state index contributed by atoms with van der Waals surface area (Å²) in [5.41, 5.74) is 1.78. The zero-order valence-corrected chi connectivity index (χ0v) is 26.7. The van der Waals surface area contributed by atoms with Gasteiger partial charge in [0.25, 0.3) is 0 Å². The van der Waals surface area contributed by atoms with Gasteiger partial charge in [0.2, 0.25) is 17.7 Å². The van der Waals surface area contributed by atoms with E-state index >= 15 is 0 Å². The summed E-state index contributed by atoms with van der Waals surface area (Å²) >= 11 is 1.67. The van der Waals surface area contributed by atoms with E-state index < -0.39 is 28.7 Å². The smallest absolute Gasteiger partial charge is 0.247 e. The van der Waals surface area contributed by atoms with Gasteiger partial charge < -0.3 is 19.8 Å². The molecule has 0 radical (unpaired) electrons. The number of carbonyl (C=O) groups excluding carboxylic acids is 3. The number of hydrogen-bond acceptors (Lipinski definition) is 5. The van der Waals surface area contributed by atoms with Crippen molar-refractivity contribution in [1.82, 2.24) is 14.7 Å². The Morgan fingerprint density at radius 2 is 1.68 bits per heavy atom. The normalized spacial score (nSPS) is 27.6. The zero-order chi connectivity index (χ0) is 31.4. The van der Waals surface area contributed by atoms with Crippen LogP contribution in [-0.4, -0.2) is 79.8 Å². The van der Waals surface area contributed by atoms with E-state index in [0.717, 1.165) is 30.4 Å². The molecule has 3 aliphatic rings. The summed E-state index contributed by atoms with van der Waals surface area (Å²) < 4.78 is -0.778. The van der Waals surface area contributed by atoms with Crippen LogP contribution in [0, 0.1) is 17.8 Å². The summed E-state index contributed by atoms with van der Waals surface area (Å²) in [5, 5.41) is 10.7. The first-order valence-corrected chi connectivity index (χ1v) is 16.7. The predicted octanol–water partition coefficient (Wildman–Crippen LogP) is 5.09. The number of amides is 3. The Bertz CT molecular complexity index is 1350. The monoisotopic (exact) mass is 615 g/mol. The highest BCUT2D eigenvalue weighted by Gasteiger charge is 2.77. The second-order valence-electron chi connectivity index (χ2n) is 12.3. The molecule has 5 rings (SSSR count). The Kier molecular flexibility index (Phi) is 10.0. The Hall–Kier alpha value is -3.36. The van der Waals surface area contributed by atoms with Gasteiger partial charge in [-0.3, -0.25) is 14.4 Å². The number of likely N-dealkylation sites (tertiary alicyclic amines) is 1. The number of benzene rings is 2. The first-order valence-electron chi connectivity index (χ1n) is 15.8. The SMILES string of the molecule is C=CCN(CCCC)C(=O)C1N([C@H](CO)c2ccccc2)C(=O)[C@@H]2[C@@H](C(=O)N(CC=C)Cc3ccccc3)[C@H]3CC(C)C12S3. The molecular formula is C36H45N3O4S. The van der Waals surface area contributed by atoms with Crippen LogP contribution in [-0.2, 0) is 20.9 Å². The zero-order valence-electron chi connectivity index (χ0n) is 25.9. The van der Waals surface area contributed by atoms with Crippen molar-refractivity contribution in [3.8, 4) is 0 Å². The quantitative estimate of drug-likeness (QED) is 0.300. The Labute approximate surface area is 266 Å². The van der Waals surface area contributed by atoms with Crippen molar-refractivity contribution < 1.29 is 19.5 Å². The van der Waals surface area contributed by atoms with E-state index in [9.17, 15) is 19.5 Å². The van der Waals surface area contributed by atoms with Gasteiger partial charge in [-0.25, -0.2) is 0 Å². The predicted molar refractivity (Wildman–Crippen MR) is 176 cm³/mol. The molecule has 3 aliphatic heterocycles. The molecule has 0 aromatic heterocycles. The van der Waals surface area contributed by atoms with Gasteiger partial charge in [0.1, 0.15) is 6.04 Å². The fourth-order valence-electron chi connectivity index (χ4n) is 7.76. The van der Waals surface area contributed by atoms with Crippen molar-refractivity contribution in [2.45, 2.75) is 61.7 Å². The van der Waals surface area contributed by atoms with Crippen LogP contribution in [0.2, 0.25) is 0 Å². The van der Waals surface area contributed by atoms with Crippen LogP contribution in [0.4, 0.5) is 0 Å². The molecule has 3 saturated heterocycles. The second-order valence-corrected chi connectivity index (χ2v) is 13.9. The molecule has 2 bridgehead atoms. The number of aliphatic hydroxyl groups excluding tert-OH is 1. The second kappa shape index (κ2) is 13.7. The average Bonchev–Trinajstić information content (AvgIpc) is 3.63. The van der Waals surface area contributed by atoms with Crippen LogP contribution < -0.4 is 0 Å². The highest BCUT2D eigenvalue weighted by Crippen LogP contribution is 2.69. The van der Waals surface area contributed by atoms with E-state index in [0.29, 0.717) is 26.2 Å². The number of aliphatic hydroxyl groups is 1. The van der Waals surface area contributed by atoms with Crippen molar-refractivity contribution >= 4 is 29.5 Å². The lowest BCUT2D eigenvalue weighted by Crippen LogP contribution is -2.58. The van der Waals surface area contributed by atoms with Gasteiger partial charge in [0.05, 0.1) is 29.2 Å². The van der Waals surface area contributed by atoms with E-state index in [1.165, 1.54) is 0 Å². The summed E-state index contributed by atoms with van der Waals surface area (Å²) in [6.07, 6.45) is 5.97. The number of thioether (sulfide) groups is 1. The van der Waals surface area contributed by atoms with Gasteiger partial charge in [0.15, 0.2) is 0 Å². The average molecular weight is 616 g/mol. The van der Waals surface area contributed by atoms with Crippen LogP contribution >= 0.6 is 11.8 Å². The molecule has 234 valence electrons. The van der Waals surface area contributed by atoms with Gasteiger partial charge in [-0.1, -0.05) is 93.1 Å². The van der Waals surface area contributed by atoms with Gasteiger partial charge in [-0.2, -0.15) is 0 Å². The highest BCUT2D eigenvalue weighted by atomic mass is 32.2. The standard InChI is InChI=1S/C36H45N3O4S/c1-5-8-21-37(19-6-2)35(43)32-36-25(4)22-29(44-36)30(33(41)38(20-7-3)23-26-15-11-9-12-16-26)31(36)34(42)39(32)28(24-40)27-17-13-10-14-18-27/h6-7,9-18,25,28-32,40H,2-3,5,8,19-24H2,1,4H3/t25?,28-,29-,30+,31+,32?,36?/m1/s1. The highest BCUT2D eigenvalue weighted by molar-refractivity contribution is 8.02. The molecule has 3 fully saturated rings. The molecule has 3 amide bonds. The molecule has 7 atom stereocenters. The first-order chi connectivity index (χ1) is 21.3. The molecule has 1 spiro atoms. The number of carbonyl (C=O) groups is 3. The minimum atomic E-state index is -0.807. The third-order valence-electron chi connectivity index (χ3n) is 9.72. The third kappa shape index (κ3) is 5.51. The topological polar surface area (TPSA) is 81.2 Å². The number of fused-ring (bicyclic) bond motifs is 1. The van der Waals surface area contributed by atoms with Gasteiger partial charge in [0, 0.05) is 31.4 Å². The van der Waals surface area contributed by atoms with E-state index in [-0.39, 0.29) is 35.5 Å². The lowest BCUT2D eigenvalue weighted by molar-refractivity contribution is -0.147. The Balaban J connectivity index is 1.60. The minimum Gasteiger partial charge on any atom is -0.394 e. The summed E-state index contributed by atoms with van der Waals surface area (Å²) in [6, 6.07) is 17.8. The molecule has 0 aliphatic carbocycles. The number of hydrogen-bond donors (Lipinski definition) is 1. The summed E-state index contributed by atoms with van der Waals surface area (Å²) in [4.78, 5) is 49.4. The van der Waals surface area contributed by atoms with Crippen molar-refractivity contribution in [2.75, 3.05) is 26.2 Å². The maximum atomic E-state index is 14.9. The van der Waals surface area contributed by atoms with E-state index in [1.54, 1.807) is 33.7 Å². The molecule has 3 heterocycles. The lowest BCUT2D eigenvalue weighted by atomic mass is 9.65. The maximum Gasteiger partial charge on any atom is 0.247 e. The molecule has 2 aromatic rings. The molecule has 0 saturated carbocycles. The van der Waals surface area contributed by atoms with Gasteiger partial charge in [-0.15, -0.1) is 24.9 Å². The van der Waals surface area contributed by atoms with Crippen LogP contribution in [0.5, 0.6) is 0 Å². The molecule has 1 N–H and O–H groups in total. The lowest BCUT2D eigenvalue weighted by Gasteiger charge is -2.42. The molecule has 44 heavy (non-hydrogen) atoms. The Morgan fingerprint density at radius 1 is 1.05 bits per heavy atom. The van der Waals surface area contributed by atoms with Crippen molar-refractivity contribution in [3.63, 3.8) is 0 Å². The van der Waals surface area contributed by atoms with Crippen LogP contribution in [0.3, 0.4) is 0 Å². The van der Waals surface area contributed by atoms with Crippen LogP contribution in [0.25, 0.3) is 0 Å². The molecule has 8 heteroatoms. The third-order valence-corrected chi connectivity index (χ3v) is 11.8. The van der Waals surface area contributed by atoms with Crippen molar-refractivity contribution in [3.05, 3.63) is 97.1 Å². The van der Waals surface area contributed by atoms with Gasteiger partial charge >= 0.3 is 0 Å². The largest absolute Gasteiger partial charge is 0.394 e. The maximum absolute atomic E-state index is 14.9. The van der Waals surface area contributed by atoms with E-state index in [1.807, 2.05) is 65.6 Å². The van der Waals surface area contributed by atoms with Crippen molar-refractivity contribution in [1.29, 1.82) is 0 Å². The molecule has 3 unspecified atom stereocenters. The first kappa shape index (κ1) is 32.0. The van der Waals surface area contributed by atoms with Crippen molar-refractivity contribution in [2.24, 2.45) is 17.8 Å². The molecule has 2 aromatic carbocycles. The van der Waals surface area contributed by atoms with E-state index in [4.69, 9.17) is 0 Å². The molecule has 7 nitrogen and oxygen atoms in total. The fourth-order valence-corrected chi connectivity index (χ4v) is 10.2. The summed E-state index contributed by atoms with van der Waals surface area (Å²) in [7, 11) is 0. The molecular weight excluding hydrogens is 570 g/mol. The fraction of sp³-hybridized carbons (Fsp3) is 0.472. The number of rotatable bonds is 14. The number of unbranched alkanes of at least 4 members (excludes halogenated alkanes) is 1. The van der Waals surface area contributed by atoms with Crippen LogP contribution in [0.1, 0.15) is 50.3 Å². The number of nitrogens with zero attached hydrogens (tertiary/aromatic N) is 3. The minimum absolute atomic E-state index is 0.0308.